The molecule has 0 unspecified atom stereocenters. The van der Waals surface area contributed by atoms with Crippen molar-refractivity contribution in [3.05, 3.63) is 35.7 Å². The van der Waals surface area contributed by atoms with Gasteiger partial charge in [-0.1, -0.05) is 6.92 Å². The summed E-state index contributed by atoms with van der Waals surface area (Å²) in [5, 5.41) is 8.96. The molecule has 0 saturated carbocycles. The number of rotatable bonds is 4. The maximum Gasteiger partial charge on any atom is 0.356 e. The Morgan fingerprint density at radius 1 is 1.47 bits per heavy atom. The number of carboxylic acid groups (broad SMARTS) is 1. The fourth-order valence-corrected chi connectivity index (χ4v) is 2.03. The van der Waals surface area contributed by atoms with Crippen LogP contribution in [-0.2, 0) is 13.5 Å². The van der Waals surface area contributed by atoms with Gasteiger partial charge in [0.1, 0.15) is 11.6 Å². The second-order valence-electron chi connectivity index (χ2n) is 4.25. The van der Waals surface area contributed by atoms with Gasteiger partial charge in [-0.25, -0.2) is 9.78 Å². The van der Waals surface area contributed by atoms with Crippen LogP contribution < -0.4 is 4.74 Å². The third-order valence-electron chi connectivity index (χ3n) is 3.01. The fraction of sp³-hybridized carbons (Fsp3) is 0.286. The summed E-state index contributed by atoms with van der Waals surface area (Å²) in [4.78, 5) is 15.1. The van der Waals surface area contributed by atoms with Crippen LogP contribution in [-0.4, -0.2) is 27.7 Å². The number of hydrogen-bond donors (Lipinski definition) is 1. The van der Waals surface area contributed by atoms with Crippen molar-refractivity contribution in [1.82, 2.24) is 9.55 Å². The third kappa shape index (κ3) is 2.45. The molecular formula is C14H16N2O3. The summed E-state index contributed by atoms with van der Waals surface area (Å²) in [7, 11) is 3.42. The molecule has 0 aliphatic heterocycles. The van der Waals surface area contributed by atoms with Crippen LogP contribution in [0.2, 0.25) is 0 Å². The molecule has 0 atom stereocenters. The monoisotopic (exact) mass is 260 g/mol. The van der Waals surface area contributed by atoms with Crippen molar-refractivity contribution in [2.75, 3.05) is 7.11 Å². The van der Waals surface area contributed by atoms with E-state index in [0.717, 1.165) is 23.3 Å². The molecule has 0 saturated heterocycles. The lowest BCUT2D eigenvalue weighted by Gasteiger charge is -2.09. The van der Waals surface area contributed by atoms with Crippen molar-refractivity contribution in [3.8, 4) is 17.1 Å². The Morgan fingerprint density at radius 2 is 2.21 bits per heavy atom. The molecule has 5 heteroatoms. The number of hydrogen-bond acceptors (Lipinski definition) is 3. The van der Waals surface area contributed by atoms with Gasteiger partial charge in [0, 0.05) is 18.8 Å². The van der Waals surface area contributed by atoms with E-state index in [1.807, 2.05) is 25.1 Å². The predicted octanol–water partition coefficient (Wildman–Crippen LogP) is 2.36. The number of carboxylic acids is 1. The van der Waals surface area contributed by atoms with E-state index in [1.165, 1.54) is 6.20 Å². The van der Waals surface area contributed by atoms with Crippen molar-refractivity contribution in [2.24, 2.45) is 7.05 Å². The zero-order valence-electron chi connectivity index (χ0n) is 11.2. The molecule has 0 aliphatic carbocycles. The van der Waals surface area contributed by atoms with E-state index in [4.69, 9.17) is 9.84 Å². The first-order chi connectivity index (χ1) is 9.06. The van der Waals surface area contributed by atoms with Crippen molar-refractivity contribution >= 4 is 5.97 Å². The van der Waals surface area contributed by atoms with Crippen molar-refractivity contribution < 1.29 is 14.6 Å². The van der Waals surface area contributed by atoms with Gasteiger partial charge in [-0.15, -0.1) is 0 Å². The topological polar surface area (TPSA) is 64.3 Å². The minimum atomic E-state index is -1.02. The van der Waals surface area contributed by atoms with E-state index in [2.05, 4.69) is 4.98 Å². The van der Waals surface area contributed by atoms with Gasteiger partial charge in [-0.3, -0.25) is 0 Å². The highest BCUT2D eigenvalue weighted by Gasteiger charge is 2.13. The number of aromatic carboxylic acids is 1. The second-order valence-corrected chi connectivity index (χ2v) is 4.25. The maximum absolute atomic E-state index is 10.9. The Kier molecular flexibility index (Phi) is 3.55. The molecule has 2 rings (SSSR count). The van der Waals surface area contributed by atoms with Crippen LogP contribution in [0.25, 0.3) is 11.4 Å². The van der Waals surface area contributed by atoms with Gasteiger partial charge in [-0.2, -0.15) is 0 Å². The summed E-state index contributed by atoms with van der Waals surface area (Å²) < 4.78 is 6.99. The Labute approximate surface area is 111 Å². The zero-order valence-corrected chi connectivity index (χ0v) is 11.2. The molecule has 19 heavy (non-hydrogen) atoms. The third-order valence-corrected chi connectivity index (χ3v) is 3.01. The van der Waals surface area contributed by atoms with Gasteiger partial charge in [0.25, 0.3) is 0 Å². The molecule has 0 spiro atoms. The van der Waals surface area contributed by atoms with Gasteiger partial charge in [0.2, 0.25) is 0 Å². The number of aryl methyl sites for hydroxylation is 2. The molecule has 1 heterocycles. The van der Waals surface area contributed by atoms with Gasteiger partial charge >= 0.3 is 5.97 Å². The Hall–Kier alpha value is -2.30. The van der Waals surface area contributed by atoms with Gasteiger partial charge < -0.3 is 14.4 Å². The zero-order chi connectivity index (χ0) is 14.0. The minimum absolute atomic E-state index is 0.0476. The molecule has 0 aliphatic rings. The van der Waals surface area contributed by atoms with E-state index >= 15 is 0 Å². The highest BCUT2D eigenvalue weighted by atomic mass is 16.5. The lowest BCUT2D eigenvalue weighted by Crippen LogP contribution is -1.96. The molecule has 1 aromatic carbocycles. The fourth-order valence-electron chi connectivity index (χ4n) is 2.03. The molecule has 0 fully saturated rings. The quantitative estimate of drug-likeness (QED) is 0.916. The van der Waals surface area contributed by atoms with Crippen molar-refractivity contribution in [1.29, 1.82) is 0 Å². The van der Waals surface area contributed by atoms with Gasteiger partial charge in [0.15, 0.2) is 5.69 Å². The van der Waals surface area contributed by atoms with Gasteiger partial charge in [-0.05, 0) is 30.2 Å². The molecule has 0 amide bonds. The minimum Gasteiger partial charge on any atom is -0.496 e. The summed E-state index contributed by atoms with van der Waals surface area (Å²) in [6.07, 6.45) is 2.35. The van der Waals surface area contributed by atoms with Crippen LogP contribution in [0.3, 0.4) is 0 Å². The van der Waals surface area contributed by atoms with Crippen LogP contribution in [0.15, 0.2) is 24.4 Å². The first-order valence-corrected chi connectivity index (χ1v) is 6.00. The van der Waals surface area contributed by atoms with Crippen LogP contribution in [0.5, 0.6) is 5.75 Å². The maximum atomic E-state index is 10.9. The van der Waals surface area contributed by atoms with E-state index in [9.17, 15) is 4.79 Å². The highest BCUT2D eigenvalue weighted by Crippen LogP contribution is 2.26. The van der Waals surface area contributed by atoms with Crippen molar-refractivity contribution in [3.63, 3.8) is 0 Å². The summed E-state index contributed by atoms with van der Waals surface area (Å²) in [5.41, 5.74) is 2.00. The molecule has 5 nitrogen and oxygen atoms in total. The Balaban J connectivity index is 2.50. The number of ether oxygens (including phenoxy) is 1. The average molecular weight is 260 g/mol. The summed E-state index contributed by atoms with van der Waals surface area (Å²) >= 11 is 0. The lowest BCUT2D eigenvalue weighted by molar-refractivity contribution is 0.0691. The molecule has 0 radical (unpaired) electrons. The molecule has 0 bridgehead atoms. The summed E-state index contributed by atoms with van der Waals surface area (Å²) in [6, 6.07) is 5.74. The second kappa shape index (κ2) is 5.14. The summed E-state index contributed by atoms with van der Waals surface area (Å²) in [5.74, 6) is 0.444. The van der Waals surface area contributed by atoms with Crippen molar-refractivity contribution in [2.45, 2.75) is 13.3 Å². The lowest BCUT2D eigenvalue weighted by atomic mass is 10.1. The number of aromatic nitrogens is 2. The number of nitrogens with zero attached hydrogens (tertiary/aromatic N) is 2. The molecule has 2 aromatic rings. The van der Waals surface area contributed by atoms with Crippen LogP contribution in [0.1, 0.15) is 23.0 Å². The smallest absolute Gasteiger partial charge is 0.356 e. The van der Waals surface area contributed by atoms with E-state index in [1.54, 1.807) is 18.7 Å². The van der Waals surface area contributed by atoms with Crippen LogP contribution in [0, 0.1) is 0 Å². The first-order valence-electron chi connectivity index (χ1n) is 6.00. The number of methoxy groups -OCH3 is 1. The molecule has 1 N–H and O–H groups in total. The summed E-state index contributed by atoms with van der Waals surface area (Å²) in [6.45, 7) is 2.04. The largest absolute Gasteiger partial charge is 0.496 e. The number of benzene rings is 1. The Bertz CT molecular complexity index is 617. The first kappa shape index (κ1) is 13.1. The average Bonchev–Trinajstić information content (AvgIpc) is 2.80. The van der Waals surface area contributed by atoms with E-state index in [-0.39, 0.29) is 5.69 Å². The molecule has 1 aromatic heterocycles. The van der Waals surface area contributed by atoms with Crippen LogP contribution in [0.4, 0.5) is 0 Å². The van der Waals surface area contributed by atoms with E-state index < -0.39 is 5.97 Å². The Morgan fingerprint density at radius 3 is 2.74 bits per heavy atom. The molecule has 100 valence electrons. The van der Waals surface area contributed by atoms with Crippen LogP contribution >= 0.6 is 0 Å². The van der Waals surface area contributed by atoms with E-state index in [0.29, 0.717) is 5.82 Å². The normalized spacial score (nSPS) is 10.5. The molecular weight excluding hydrogens is 244 g/mol. The number of carbonyl (C=O) groups is 1. The predicted molar refractivity (Wildman–Crippen MR) is 71.5 cm³/mol. The highest BCUT2D eigenvalue weighted by molar-refractivity contribution is 5.86. The standard InChI is InChI=1S/C14H16N2O3/c1-4-9-7-10(5-6-12(9)19-3)13-15-11(14(17)18)8-16(13)2/h5-8H,4H2,1-3H3,(H,17,18). The SMILES string of the molecule is CCc1cc(-c2nc(C(=O)O)cn2C)ccc1OC. The van der Waals surface area contributed by atoms with Gasteiger partial charge in [0.05, 0.1) is 7.11 Å². The number of imidazole rings is 1.